The van der Waals surface area contributed by atoms with Gasteiger partial charge in [0.15, 0.2) is 0 Å². The number of sulfonamides is 1. The van der Waals surface area contributed by atoms with Crippen LogP contribution in [0, 0.1) is 0 Å². The molecule has 0 atom stereocenters. The summed E-state index contributed by atoms with van der Waals surface area (Å²) in [5.74, 6) is -0.00631. The molecule has 2 aromatic carbocycles. The molecular formula is C20H23BrN2O4S. The van der Waals surface area contributed by atoms with E-state index in [9.17, 15) is 13.2 Å². The fraction of sp³-hybridized carbons (Fsp3) is 0.350. The average molecular weight is 467 g/mol. The number of carbonyl (C=O) groups is 1. The summed E-state index contributed by atoms with van der Waals surface area (Å²) in [7, 11) is -0.574. The lowest BCUT2D eigenvalue weighted by molar-refractivity contribution is 0.0784. The van der Waals surface area contributed by atoms with E-state index in [4.69, 9.17) is 4.74 Å². The Kier molecular flexibility index (Phi) is 6.42. The molecule has 0 aliphatic carbocycles. The van der Waals surface area contributed by atoms with Crippen LogP contribution in [0.5, 0.6) is 5.75 Å². The highest BCUT2D eigenvalue weighted by molar-refractivity contribution is 9.10. The fourth-order valence-corrected chi connectivity index (χ4v) is 5.36. The highest BCUT2D eigenvalue weighted by atomic mass is 79.9. The first kappa shape index (κ1) is 20.8. The monoisotopic (exact) mass is 466 g/mol. The Balaban J connectivity index is 1.90. The largest absolute Gasteiger partial charge is 0.495 e. The molecule has 6 nitrogen and oxygen atoms in total. The third-order valence-corrected chi connectivity index (χ3v) is 7.50. The molecule has 2 aromatic rings. The molecule has 0 spiro atoms. The first-order valence-corrected chi connectivity index (χ1v) is 11.2. The first-order chi connectivity index (χ1) is 13.3. The van der Waals surface area contributed by atoms with Gasteiger partial charge in [-0.3, -0.25) is 4.79 Å². The molecule has 150 valence electrons. The van der Waals surface area contributed by atoms with Gasteiger partial charge in [-0.05, 0) is 42.7 Å². The number of nitrogens with zero attached hydrogens (tertiary/aromatic N) is 2. The second-order valence-electron chi connectivity index (χ2n) is 6.73. The van der Waals surface area contributed by atoms with Gasteiger partial charge in [-0.25, -0.2) is 8.42 Å². The van der Waals surface area contributed by atoms with E-state index >= 15 is 0 Å². The summed E-state index contributed by atoms with van der Waals surface area (Å²) in [6.45, 7) is 1.39. The van der Waals surface area contributed by atoms with Crippen LogP contribution in [0.15, 0.2) is 51.8 Å². The molecule has 0 radical (unpaired) electrons. The fourth-order valence-electron chi connectivity index (χ4n) is 3.25. The van der Waals surface area contributed by atoms with E-state index < -0.39 is 10.0 Å². The third-order valence-electron chi connectivity index (χ3n) is 4.81. The van der Waals surface area contributed by atoms with E-state index in [0.717, 1.165) is 22.9 Å². The van der Waals surface area contributed by atoms with Gasteiger partial charge in [0.05, 0.1) is 7.11 Å². The van der Waals surface area contributed by atoms with Crippen LogP contribution in [0.25, 0.3) is 0 Å². The molecule has 1 amide bonds. The summed E-state index contributed by atoms with van der Waals surface area (Å²) in [4.78, 5) is 14.5. The summed E-state index contributed by atoms with van der Waals surface area (Å²) < 4.78 is 33.6. The first-order valence-electron chi connectivity index (χ1n) is 9.01. The highest BCUT2D eigenvalue weighted by Crippen LogP contribution is 2.30. The molecule has 1 heterocycles. The van der Waals surface area contributed by atoms with Crippen molar-refractivity contribution in [3.8, 4) is 5.75 Å². The van der Waals surface area contributed by atoms with Crippen molar-refractivity contribution in [2.45, 2.75) is 24.3 Å². The van der Waals surface area contributed by atoms with Crippen molar-refractivity contribution in [2.75, 3.05) is 27.2 Å². The lowest BCUT2D eigenvalue weighted by atomic mass is 10.1. The predicted octanol–water partition coefficient (Wildman–Crippen LogP) is 3.51. The summed E-state index contributed by atoms with van der Waals surface area (Å²) >= 11 is 3.49. The molecule has 1 aliphatic heterocycles. The molecule has 0 bridgehead atoms. The Labute approximate surface area is 174 Å². The van der Waals surface area contributed by atoms with Crippen LogP contribution in [0.1, 0.15) is 28.8 Å². The number of methoxy groups -OCH3 is 1. The second-order valence-corrected chi connectivity index (χ2v) is 9.49. The minimum Gasteiger partial charge on any atom is -0.495 e. The van der Waals surface area contributed by atoms with Crippen molar-refractivity contribution in [1.29, 1.82) is 0 Å². The van der Waals surface area contributed by atoms with E-state index in [1.807, 2.05) is 24.3 Å². The molecule has 0 aromatic heterocycles. The van der Waals surface area contributed by atoms with E-state index in [2.05, 4.69) is 15.9 Å². The number of carbonyl (C=O) groups excluding carboxylic acids is 1. The van der Waals surface area contributed by atoms with Crippen LogP contribution in [0.2, 0.25) is 0 Å². The van der Waals surface area contributed by atoms with Gasteiger partial charge in [-0.1, -0.05) is 34.1 Å². The van der Waals surface area contributed by atoms with Crippen LogP contribution in [-0.4, -0.2) is 50.8 Å². The zero-order valence-electron chi connectivity index (χ0n) is 15.9. The number of amides is 1. The highest BCUT2D eigenvalue weighted by Gasteiger charge is 2.31. The quantitative estimate of drug-likeness (QED) is 0.652. The molecule has 0 unspecified atom stereocenters. The van der Waals surface area contributed by atoms with Crippen molar-refractivity contribution in [3.63, 3.8) is 0 Å². The molecule has 1 fully saturated rings. The van der Waals surface area contributed by atoms with E-state index in [0.29, 0.717) is 25.2 Å². The molecular weight excluding hydrogens is 444 g/mol. The zero-order chi connectivity index (χ0) is 20.3. The Bertz CT molecular complexity index is 972. The maximum atomic E-state index is 13.0. The van der Waals surface area contributed by atoms with Gasteiger partial charge in [0.1, 0.15) is 10.6 Å². The van der Waals surface area contributed by atoms with Gasteiger partial charge >= 0.3 is 0 Å². The number of hydrogen-bond acceptors (Lipinski definition) is 4. The van der Waals surface area contributed by atoms with Gasteiger partial charge in [0, 0.05) is 36.7 Å². The van der Waals surface area contributed by atoms with Crippen LogP contribution < -0.4 is 4.74 Å². The number of hydrogen-bond donors (Lipinski definition) is 0. The van der Waals surface area contributed by atoms with Gasteiger partial charge < -0.3 is 9.64 Å². The molecule has 1 aliphatic rings. The molecule has 8 heteroatoms. The van der Waals surface area contributed by atoms with Crippen LogP contribution in [0.3, 0.4) is 0 Å². The van der Waals surface area contributed by atoms with Gasteiger partial charge in [-0.15, -0.1) is 0 Å². The Hall–Kier alpha value is -1.90. The van der Waals surface area contributed by atoms with Gasteiger partial charge in [-0.2, -0.15) is 4.31 Å². The van der Waals surface area contributed by atoms with E-state index in [1.54, 1.807) is 24.1 Å². The zero-order valence-corrected chi connectivity index (χ0v) is 18.3. The minimum absolute atomic E-state index is 0.0389. The average Bonchev–Trinajstić information content (AvgIpc) is 3.24. The maximum Gasteiger partial charge on any atom is 0.253 e. The minimum atomic E-state index is -3.70. The second kappa shape index (κ2) is 8.63. The van der Waals surface area contributed by atoms with Crippen molar-refractivity contribution < 1.29 is 17.9 Å². The lowest BCUT2D eigenvalue weighted by Gasteiger charge is -2.21. The van der Waals surface area contributed by atoms with Crippen molar-refractivity contribution in [3.05, 3.63) is 58.1 Å². The third kappa shape index (κ3) is 4.24. The Morgan fingerprint density at radius 3 is 2.50 bits per heavy atom. The number of halogens is 1. The Morgan fingerprint density at radius 1 is 1.18 bits per heavy atom. The number of benzene rings is 2. The Morgan fingerprint density at radius 2 is 1.86 bits per heavy atom. The normalized spacial score (nSPS) is 14.8. The summed E-state index contributed by atoms with van der Waals surface area (Å²) in [6.07, 6.45) is 1.68. The molecule has 28 heavy (non-hydrogen) atoms. The summed E-state index contributed by atoms with van der Waals surface area (Å²) in [5, 5.41) is 0. The van der Waals surface area contributed by atoms with Crippen LogP contribution >= 0.6 is 15.9 Å². The number of rotatable bonds is 6. The smallest absolute Gasteiger partial charge is 0.253 e. The molecule has 1 saturated heterocycles. The predicted molar refractivity (Wildman–Crippen MR) is 111 cm³/mol. The van der Waals surface area contributed by atoms with E-state index in [-0.39, 0.29) is 16.6 Å². The number of ether oxygens (including phenoxy) is 1. The lowest BCUT2D eigenvalue weighted by Crippen LogP contribution is -2.29. The van der Waals surface area contributed by atoms with Crippen LogP contribution in [-0.2, 0) is 16.6 Å². The SMILES string of the molecule is COc1ccc(C(=O)N(C)Cc2ccccc2Br)cc1S(=O)(=O)N1CCCC1. The standard InChI is InChI=1S/C20H23BrN2O4S/c1-22(14-16-7-3-4-8-17(16)21)20(24)15-9-10-18(27-2)19(13-15)28(25,26)23-11-5-6-12-23/h3-4,7-10,13H,5-6,11-12,14H2,1-2H3. The van der Waals surface area contributed by atoms with Crippen molar-refractivity contribution >= 4 is 31.9 Å². The topological polar surface area (TPSA) is 66.9 Å². The molecule has 3 rings (SSSR count). The molecule has 0 N–H and O–H groups in total. The maximum absolute atomic E-state index is 13.0. The van der Waals surface area contributed by atoms with E-state index in [1.165, 1.54) is 17.5 Å². The summed E-state index contributed by atoms with van der Waals surface area (Å²) in [5.41, 5.74) is 1.28. The molecule has 0 saturated carbocycles. The van der Waals surface area contributed by atoms with Crippen LogP contribution in [0.4, 0.5) is 0 Å². The van der Waals surface area contributed by atoms with Crippen molar-refractivity contribution in [1.82, 2.24) is 9.21 Å². The van der Waals surface area contributed by atoms with Crippen molar-refractivity contribution in [2.24, 2.45) is 0 Å². The summed E-state index contributed by atoms with van der Waals surface area (Å²) in [6, 6.07) is 12.2. The van der Waals surface area contributed by atoms with Gasteiger partial charge in [0.2, 0.25) is 10.0 Å². The van der Waals surface area contributed by atoms with Gasteiger partial charge in [0.25, 0.3) is 5.91 Å².